The van der Waals surface area contributed by atoms with Gasteiger partial charge < -0.3 is 9.94 Å². The summed E-state index contributed by atoms with van der Waals surface area (Å²) in [6, 6.07) is 0. The van der Waals surface area contributed by atoms with Crippen molar-refractivity contribution in [1.82, 2.24) is 0 Å². The number of hydrogen-bond acceptors (Lipinski definition) is 3. The van der Waals surface area contributed by atoms with Crippen molar-refractivity contribution in [1.29, 1.82) is 0 Å². The molecule has 1 saturated carbocycles. The third-order valence-electron chi connectivity index (χ3n) is 2.56. The molecule has 0 amide bonds. The van der Waals surface area contributed by atoms with Gasteiger partial charge in [-0.15, -0.1) is 0 Å². The molecule has 0 atom stereocenters. The largest absolute Gasteiger partial charge is 0.479 e. The number of nitrogens with zero attached hydrogens (tertiary/aromatic N) is 1. The van der Waals surface area contributed by atoms with Gasteiger partial charge in [-0.25, -0.2) is 4.79 Å². The molecule has 0 spiro atoms. The molecule has 0 aliphatic heterocycles. The van der Waals surface area contributed by atoms with E-state index in [2.05, 4.69) is 19.0 Å². The monoisotopic (exact) mass is 199 g/mol. The van der Waals surface area contributed by atoms with Crippen LogP contribution in [0.15, 0.2) is 5.16 Å². The lowest BCUT2D eigenvalue weighted by Gasteiger charge is -2.29. The lowest BCUT2D eigenvalue weighted by atomic mass is 9.77. The normalized spacial score (nSPS) is 20.3. The maximum absolute atomic E-state index is 10.1. The second-order valence-corrected chi connectivity index (χ2v) is 4.49. The van der Waals surface area contributed by atoms with Gasteiger partial charge in [0, 0.05) is 0 Å². The summed E-state index contributed by atoms with van der Waals surface area (Å²) in [6.07, 6.45) is 4.05. The van der Waals surface area contributed by atoms with E-state index in [9.17, 15) is 4.79 Å². The molecule has 0 saturated heterocycles. The highest BCUT2D eigenvalue weighted by atomic mass is 16.6. The Balaban J connectivity index is 2.30. The maximum Gasteiger partial charge on any atom is 0.344 e. The molecule has 14 heavy (non-hydrogen) atoms. The average Bonchev–Trinajstić information content (AvgIpc) is 2.07. The van der Waals surface area contributed by atoms with E-state index in [1.807, 2.05) is 0 Å². The first-order valence-electron chi connectivity index (χ1n) is 4.89. The number of aliphatic carboxylic acids is 1. The second kappa shape index (κ2) is 4.44. The molecule has 4 heteroatoms. The van der Waals surface area contributed by atoms with Gasteiger partial charge in [0.2, 0.25) is 6.61 Å². The van der Waals surface area contributed by atoms with Crippen molar-refractivity contribution in [3.05, 3.63) is 0 Å². The van der Waals surface area contributed by atoms with Crippen LogP contribution in [-0.4, -0.2) is 23.4 Å². The molecule has 1 aliphatic carbocycles. The Morgan fingerprint density at radius 2 is 2.07 bits per heavy atom. The molecular formula is C10H17NO3. The van der Waals surface area contributed by atoms with E-state index in [-0.39, 0.29) is 6.61 Å². The van der Waals surface area contributed by atoms with E-state index < -0.39 is 5.97 Å². The molecule has 0 aromatic heterocycles. The molecule has 0 unspecified atom stereocenters. The molecule has 1 rings (SSSR count). The van der Waals surface area contributed by atoms with Gasteiger partial charge in [-0.1, -0.05) is 19.0 Å². The molecule has 1 aliphatic rings. The van der Waals surface area contributed by atoms with Crippen molar-refractivity contribution in [2.45, 2.75) is 39.5 Å². The quantitative estimate of drug-likeness (QED) is 0.707. The zero-order valence-electron chi connectivity index (χ0n) is 8.75. The molecule has 1 fully saturated rings. The summed E-state index contributed by atoms with van der Waals surface area (Å²) in [5.41, 5.74) is 1.39. The molecule has 4 nitrogen and oxygen atoms in total. The van der Waals surface area contributed by atoms with Gasteiger partial charge in [-0.2, -0.15) is 0 Å². The smallest absolute Gasteiger partial charge is 0.344 e. The van der Waals surface area contributed by atoms with Gasteiger partial charge in [0.25, 0.3) is 0 Å². The van der Waals surface area contributed by atoms with Gasteiger partial charge in [-0.05, 0) is 31.1 Å². The van der Waals surface area contributed by atoms with Gasteiger partial charge in [0.05, 0.1) is 5.71 Å². The Morgan fingerprint density at radius 3 is 2.57 bits per heavy atom. The SMILES string of the molecule is CC1(C)CCC(=NOCC(=O)O)CC1. The first-order valence-corrected chi connectivity index (χ1v) is 4.89. The minimum atomic E-state index is -0.981. The van der Waals surface area contributed by atoms with E-state index in [0.717, 1.165) is 31.4 Å². The summed E-state index contributed by atoms with van der Waals surface area (Å²) in [5.74, 6) is -0.981. The fourth-order valence-electron chi connectivity index (χ4n) is 1.49. The van der Waals surface area contributed by atoms with Crippen LogP contribution >= 0.6 is 0 Å². The predicted molar refractivity (Wildman–Crippen MR) is 53.3 cm³/mol. The van der Waals surface area contributed by atoms with E-state index in [0.29, 0.717) is 5.41 Å². The van der Waals surface area contributed by atoms with Crippen LogP contribution in [0, 0.1) is 5.41 Å². The van der Waals surface area contributed by atoms with Gasteiger partial charge in [0.1, 0.15) is 0 Å². The molecule has 0 heterocycles. The summed E-state index contributed by atoms with van der Waals surface area (Å²) < 4.78 is 0. The Labute approximate surface area is 83.9 Å². The highest BCUT2D eigenvalue weighted by molar-refractivity contribution is 5.84. The van der Waals surface area contributed by atoms with Crippen LogP contribution in [0.25, 0.3) is 0 Å². The topological polar surface area (TPSA) is 58.9 Å². The van der Waals surface area contributed by atoms with Crippen molar-refractivity contribution >= 4 is 11.7 Å². The van der Waals surface area contributed by atoms with Crippen LogP contribution < -0.4 is 0 Å². The first kappa shape index (κ1) is 11.0. The summed E-state index contributed by atoms with van der Waals surface area (Å²) in [4.78, 5) is 14.8. The van der Waals surface area contributed by atoms with E-state index in [1.54, 1.807) is 0 Å². The number of rotatable bonds is 3. The number of carboxylic acids is 1. The average molecular weight is 199 g/mol. The fraction of sp³-hybridized carbons (Fsp3) is 0.800. The highest BCUT2D eigenvalue weighted by Gasteiger charge is 2.24. The Kier molecular flexibility index (Phi) is 3.49. The van der Waals surface area contributed by atoms with E-state index in [4.69, 9.17) is 9.94 Å². The lowest BCUT2D eigenvalue weighted by Crippen LogP contribution is -2.21. The van der Waals surface area contributed by atoms with E-state index in [1.165, 1.54) is 0 Å². The number of carboxylic acid groups (broad SMARTS) is 1. The zero-order valence-corrected chi connectivity index (χ0v) is 8.75. The lowest BCUT2D eigenvalue weighted by molar-refractivity contribution is -0.142. The van der Waals surface area contributed by atoms with Crippen LogP contribution in [-0.2, 0) is 9.63 Å². The third-order valence-corrected chi connectivity index (χ3v) is 2.56. The van der Waals surface area contributed by atoms with Crippen LogP contribution in [0.2, 0.25) is 0 Å². The second-order valence-electron chi connectivity index (χ2n) is 4.49. The van der Waals surface area contributed by atoms with Crippen molar-refractivity contribution in [3.63, 3.8) is 0 Å². The van der Waals surface area contributed by atoms with Gasteiger partial charge in [-0.3, -0.25) is 0 Å². The predicted octanol–water partition coefficient (Wildman–Crippen LogP) is 2.04. The van der Waals surface area contributed by atoms with Crippen LogP contribution in [0.3, 0.4) is 0 Å². The Morgan fingerprint density at radius 1 is 1.50 bits per heavy atom. The summed E-state index contributed by atoms with van der Waals surface area (Å²) in [6.45, 7) is 4.14. The van der Waals surface area contributed by atoms with Crippen molar-refractivity contribution in [2.75, 3.05) is 6.61 Å². The van der Waals surface area contributed by atoms with Crippen molar-refractivity contribution in [2.24, 2.45) is 10.6 Å². The Hall–Kier alpha value is -1.06. The van der Waals surface area contributed by atoms with Crippen LogP contribution in [0.5, 0.6) is 0 Å². The minimum Gasteiger partial charge on any atom is -0.479 e. The molecule has 0 radical (unpaired) electrons. The van der Waals surface area contributed by atoms with Gasteiger partial charge in [0.15, 0.2) is 0 Å². The summed E-state index contributed by atoms with van der Waals surface area (Å²) in [5, 5.41) is 12.2. The molecule has 0 aromatic carbocycles. The highest BCUT2D eigenvalue weighted by Crippen LogP contribution is 2.33. The molecule has 1 N–H and O–H groups in total. The van der Waals surface area contributed by atoms with Crippen molar-refractivity contribution in [3.8, 4) is 0 Å². The minimum absolute atomic E-state index is 0.340. The van der Waals surface area contributed by atoms with Gasteiger partial charge >= 0.3 is 5.97 Å². The van der Waals surface area contributed by atoms with Crippen molar-refractivity contribution < 1.29 is 14.7 Å². The first-order chi connectivity index (χ1) is 6.49. The van der Waals surface area contributed by atoms with E-state index >= 15 is 0 Å². The number of carbonyl (C=O) groups is 1. The van der Waals surface area contributed by atoms with Crippen LogP contribution in [0.1, 0.15) is 39.5 Å². The molecule has 0 aromatic rings. The Bertz CT molecular complexity index is 234. The van der Waals surface area contributed by atoms with Crippen LogP contribution in [0.4, 0.5) is 0 Å². The maximum atomic E-state index is 10.1. The molecule has 80 valence electrons. The summed E-state index contributed by atoms with van der Waals surface area (Å²) in [7, 11) is 0. The fourth-order valence-corrected chi connectivity index (χ4v) is 1.49. The third kappa shape index (κ3) is 3.77. The summed E-state index contributed by atoms with van der Waals surface area (Å²) >= 11 is 0. The number of hydrogen-bond donors (Lipinski definition) is 1. The molecular weight excluding hydrogens is 182 g/mol. The molecule has 0 bridgehead atoms. The zero-order chi connectivity index (χ0) is 10.6. The standard InChI is InChI=1S/C10H17NO3/c1-10(2)5-3-8(4-6-10)11-14-7-9(12)13/h3-7H2,1-2H3,(H,12,13). The number of oxime groups is 1.